The second kappa shape index (κ2) is 8.72. The van der Waals surface area contributed by atoms with Crippen molar-refractivity contribution in [2.45, 2.75) is 6.54 Å². The predicted octanol–water partition coefficient (Wildman–Crippen LogP) is 2.87. The van der Waals surface area contributed by atoms with Gasteiger partial charge in [0, 0.05) is 13.1 Å². The number of nitrogens with zero attached hydrogens (tertiary/aromatic N) is 1. The van der Waals surface area contributed by atoms with Gasteiger partial charge in [-0.2, -0.15) is 0 Å². The van der Waals surface area contributed by atoms with Gasteiger partial charge in [0.2, 0.25) is 0 Å². The first-order chi connectivity index (χ1) is 9.17. The molecule has 19 heavy (non-hydrogen) atoms. The van der Waals surface area contributed by atoms with Gasteiger partial charge in [0.05, 0.1) is 12.9 Å². The molecule has 0 fully saturated rings. The zero-order valence-corrected chi connectivity index (χ0v) is 12.5. The summed E-state index contributed by atoms with van der Waals surface area (Å²) in [5.74, 6) is -0.0387. The van der Waals surface area contributed by atoms with E-state index in [9.17, 15) is 4.79 Å². The molecule has 0 aliphatic heterocycles. The summed E-state index contributed by atoms with van der Waals surface area (Å²) < 4.78 is 5.28. The molecular weight excluding hydrogens is 278 g/mol. The van der Waals surface area contributed by atoms with Crippen LogP contribution >= 0.6 is 24.0 Å². The maximum atomic E-state index is 11.1. The Balaban J connectivity index is 2.58. The molecule has 0 bridgehead atoms. The number of hydrogen-bond acceptors (Lipinski definition) is 4. The van der Waals surface area contributed by atoms with Crippen molar-refractivity contribution in [3.05, 3.63) is 48.6 Å². The Morgan fingerprint density at radius 1 is 1.47 bits per heavy atom. The first-order valence-corrected chi connectivity index (χ1v) is 7.20. The molecule has 3 nitrogen and oxygen atoms in total. The monoisotopic (exact) mass is 295 g/mol. The Bertz CT molecular complexity index is 434. The van der Waals surface area contributed by atoms with Gasteiger partial charge < -0.3 is 9.64 Å². The van der Waals surface area contributed by atoms with E-state index < -0.39 is 0 Å². The molecule has 0 saturated carbocycles. The molecule has 0 heterocycles. The minimum Gasteiger partial charge on any atom is -0.468 e. The molecular formula is C14H17NO2S2. The third-order valence-electron chi connectivity index (χ3n) is 2.37. The number of thiocarbonyl (C=S) groups is 1. The molecule has 5 heteroatoms. The van der Waals surface area contributed by atoms with Crippen LogP contribution < -0.4 is 0 Å². The van der Waals surface area contributed by atoms with Gasteiger partial charge in [-0.15, -0.1) is 6.58 Å². The summed E-state index contributed by atoms with van der Waals surface area (Å²) in [6, 6.07) is 10.1. The van der Waals surface area contributed by atoms with Crippen LogP contribution in [0.25, 0.3) is 0 Å². The van der Waals surface area contributed by atoms with E-state index in [2.05, 4.69) is 11.3 Å². The molecule has 1 rings (SSSR count). The summed E-state index contributed by atoms with van der Waals surface area (Å²) in [5, 5.41) is 0. The number of carbonyl (C=O) groups excluding carboxylic acids is 1. The van der Waals surface area contributed by atoms with Gasteiger partial charge in [0.15, 0.2) is 0 Å². The standard InChI is InChI=1S/C14H17NO2S2/c1-3-9-15(10-12-7-5-4-6-8-12)14(18)19-11-13(16)17-2/h3-8H,1,9-11H2,2H3. The first-order valence-electron chi connectivity index (χ1n) is 5.80. The molecule has 0 atom stereocenters. The van der Waals surface area contributed by atoms with Crippen LogP contribution in [0.1, 0.15) is 5.56 Å². The van der Waals surface area contributed by atoms with Crippen molar-refractivity contribution in [1.29, 1.82) is 0 Å². The van der Waals surface area contributed by atoms with Gasteiger partial charge in [0.25, 0.3) is 0 Å². The number of benzene rings is 1. The lowest BCUT2D eigenvalue weighted by Crippen LogP contribution is -2.28. The van der Waals surface area contributed by atoms with Crippen LogP contribution in [0, 0.1) is 0 Å². The molecule has 0 aromatic heterocycles. The van der Waals surface area contributed by atoms with E-state index in [1.54, 1.807) is 6.08 Å². The second-order valence-electron chi connectivity index (χ2n) is 3.79. The summed E-state index contributed by atoms with van der Waals surface area (Å²) in [4.78, 5) is 13.1. The molecule has 0 spiro atoms. The number of rotatable bonds is 6. The molecule has 102 valence electrons. The average molecular weight is 295 g/mol. The highest BCUT2D eigenvalue weighted by Gasteiger charge is 2.11. The number of ether oxygens (including phenoxy) is 1. The summed E-state index contributed by atoms with van der Waals surface area (Å²) >= 11 is 6.65. The summed E-state index contributed by atoms with van der Waals surface area (Å²) in [5.41, 5.74) is 1.17. The Morgan fingerprint density at radius 3 is 2.74 bits per heavy atom. The number of methoxy groups -OCH3 is 1. The van der Waals surface area contributed by atoms with E-state index in [-0.39, 0.29) is 11.7 Å². The van der Waals surface area contributed by atoms with Crippen molar-refractivity contribution in [1.82, 2.24) is 4.90 Å². The topological polar surface area (TPSA) is 29.5 Å². The van der Waals surface area contributed by atoms with Crippen molar-refractivity contribution in [3.8, 4) is 0 Å². The lowest BCUT2D eigenvalue weighted by Gasteiger charge is -2.23. The summed E-state index contributed by atoms with van der Waals surface area (Å²) in [6.07, 6.45) is 1.80. The summed E-state index contributed by atoms with van der Waals surface area (Å²) in [6.45, 7) is 5.10. The third-order valence-corrected chi connectivity index (χ3v) is 3.86. The molecule has 0 unspecified atom stereocenters. The maximum absolute atomic E-state index is 11.1. The van der Waals surface area contributed by atoms with Crippen LogP contribution in [0.3, 0.4) is 0 Å². The minimum absolute atomic E-state index is 0.234. The maximum Gasteiger partial charge on any atom is 0.316 e. The summed E-state index contributed by atoms with van der Waals surface area (Å²) in [7, 11) is 1.37. The van der Waals surface area contributed by atoms with E-state index in [0.29, 0.717) is 17.4 Å². The third kappa shape index (κ3) is 5.89. The van der Waals surface area contributed by atoms with Gasteiger partial charge in [-0.1, -0.05) is 60.4 Å². The molecule has 0 aliphatic rings. The largest absolute Gasteiger partial charge is 0.468 e. The minimum atomic E-state index is -0.273. The zero-order valence-electron chi connectivity index (χ0n) is 10.9. The highest BCUT2D eigenvalue weighted by molar-refractivity contribution is 8.23. The lowest BCUT2D eigenvalue weighted by atomic mass is 10.2. The van der Waals surface area contributed by atoms with E-state index >= 15 is 0 Å². The van der Waals surface area contributed by atoms with Crippen LogP contribution in [0.4, 0.5) is 0 Å². The van der Waals surface area contributed by atoms with E-state index in [1.807, 2.05) is 35.2 Å². The zero-order chi connectivity index (χ0) is 14.1. The van der Waals surface area contributed by atoms with Crippen molar-refractivity contribution < 1.29 is 9.53 Å². The average Bonchev–Trinajstić information content (AvgIpc) is 2.45. The number of hydrogen-bond donors (Lipinski definition) is 0. The van der Waals surface area contributed by atoms with Crippen molar-refractivity contribution in [3.63, 3.8) is 0 Å². The Kier molecular flexibility index (Phi) is 7.22. The van der Waals surface area contributed by atoms with Gasteiger partial charge in [-0.3, -0.25) is 4.79 Å². The van der Waals surface area contributed by atoms with Crippen LogP contribution in [0.5, 0.6) is 0 Å². The second-order valence-corrected chi connectivity index (χ2v) is 5.39. The fourth-order valence-corrected chi connectivity index (χ4v) is 2.43. The van der Waals surface area contributed by atoms with Crippen LogP contribution in [-0.2, 0) is 16.1 Å². The Hall–Kier alpha value is -1.33. The van der Waals surface area contributed by atoms with Crippen molar-refractivity contribution >= 4 is 34.3 Å². The first kappa shape index (κ1) is 15.7. The van der Waals surface area contributed by atoms with Crippen LogP contribution in [-0.4, -0.2) is 34.6 Å². The smallest absolute Gasteiger partial charge is 0.316 e. The van der Waals surface area contributed by atoms with Crippen molar-refractivity contribution in [2.24, 2.45) is 0 Å². The van der Waals surface area contributed by atoms with Crippen LogP contribution in [0.2, 0.25) is 0 Å². The van der Waals surface area contributed by atoms with E-state index in [4.69, 9.17) is 12.2 Å². The highest BCUT2D eigenvalue weighted by atomic mass is 32.2. The molecule has 0 amide bonds. The van der Waals surface area contributed by atoms with Gasteiger partial charge in [-0.25, -0.2) is 0 Å². The van der Waals surface area contributed by atoms with E-state index in [0.717, 1.165) is 0 Å². The van der Waals surface area contributed by atoms with Crippen LogP contribution in [0.15, 0.2) is 43.0 Å². The highest BCUT2D eigenvalue weighted by Crippen LogP contribution is 2.13. The fourth-order valence-electron chi connectivity index (χ4n) is 1.43. The SMILES string of the molecule is C=CCN(Cc1ccccc1)C(=S)SCC(=O)OC. The number of esters is 1. The van der Waals surface area contributed by atoms with Gasteiger partial charge in [-0.05, 0) is 5.56 Å². The van der Waals surface area contributed by atoms with Gasteiger partial charge >= 0.3 is 5.97 Å². The van der Waals surface area contributed by atoms with Gasteiger partial charge in [0.1, 0.15) is 4.32 Å². The Morgan fingerprint density at radius 2 is 2.16 bits per heavy atom. The molecule has 1 aromatic rings. The molecule has 0 N–H and O–H groups in total. The number of thioether (sulfide) groups is 1. The Labute approximate surface area is 123 Å². The van der Waals surface area contributed by atoms with Crippen molar-refractivity contribution in [2.75, 3.05) is 19.4 Å². The van der Waals surface area contributed by atoms with E-state index in [1.165, 1.54) is 24.4 Å². The molecule has 0 aliphatic carbocycles. The fraction of sp³-hybridized carbons (Fsp3) is 0.286. The predicted molar refractivity (Wildman–Crippen MR) is 84.1 cm³/mol. The normalized spacial score (nSPS) is 9.74. The molecule has 0 saturated heterocycles. The lowest BCUT2D eigenvalue weighted by molar-refractivity contribution is -0.137. The quantitative estimate of drug-likeness (QED) is 0.457. The number of carbonyl (C=O) groups is 1. The molecule has 1 aromatic carbocycles. The molecule has 0 radical (unpaired) electrons.